The van der Waals surface area contributed by atoms with Crippen LogP contribution in [0.4, 0.5) is 18.9 Å². The second kappa shape index (κ2) is 4.74. The number of hydrogen-bond acceptors (Lipinski definition) is 2. The Morgan fingerprint density at radius 2 is 1.88 bits per heavy atom. The van der Waals surface area contributed by atoms with E-state index >= 15 is 0 Å². The summed E-state index contributed by atoms with van der Waals surface area (Å²) in [6.07, 6.45) is -4.30. The van der Waals surface area contributed by atoms with Gasteiger partial charge in [-0.3, -0.25) is 0 Å². The van der Waals surface area contributed by atoms with Gasteiger partial charge in [0.05, 0.1) is 6.61 Å². The molecule has 5 heteroatoms. The minimum absolute atomic E-state index is 0.119. The van der Waals surface area contributed by atoms with Crippen LogP contribution in [0.15, 0.2) is 12.1 Å². The van der Waals surface area contributed by atoms with Crippen molar-refractivity contribution in [3.05, 3.63) is 28.8 Å². The van der Waals surface area contributed by atoms with Gasteiger partial charge in [0.1, 0.15) is 6.61 Å². The average molecular weight is 233 g/mol. The van der Waals surface area contributed by atoms with Gasteiger partial charge < -0.3 is 10.5 Å². The number of alkyl halides is 3. The maximum absolute atomic E-state index is 11.8. The molecule has 0 heterocycles. The number of ether oxygens (including phenoxy) is 1. The van der Waals surface area contributed by atoms with Crippen LogP contribution in [-0.2, 0) is 11.3 Å². The smallest absolute Gasteiger partial charge is 0.398 e. The molecule has 0 radical (unpaired) electrons. The van der Waals surface area contributed by atoms with E-state index in [9.17, 15) is 13.2 Å². The van der Waals surface area contributed by atoms with Crippen molar-refractivity contribution in [3.63, 3.8) is 0 Å². The molecule has 0 saturated carbocycles. The zero-order valence-corrected chi connectivity index (χ0v) is 9.19. The predicted octanol–water partition coefficient (Wildman–Crippen LogP) is 2.96. The molecule has 0 saturated heterocycles. The summed E-state index contributed by atoms with van der Waals surface area (Å²) < 4.78 is 40.1. The highest BCUT2D eigenvalue weighted by molar-refractivity contribution is 5.55. The molecule has 0 aliphatic carbocycles. The van der Waals surface area contributed by atoms with Crippen molar-refractivity contribution in [1.82, 2.24) is 0 Å². The Morgan fingerprint density at radius 1 is 1.25 bits per heavy atom. The van der Waals surface area contributed by atoms with Gasteiger partial charge in [0.25, 0.3) is 0 Å². The Labute approximate surface area is 92.2 Å². The molecule has 16 heavy (non-hydrogen) atoms. The maximum Gasteiger partial charge on any atom is 0.411 e. The Bertz CT molecular complexity index is 374. The van der Waals surface area contributed by atoms with Crippen molar-refractivity contribution in [2.24, 2.45) is 0 Å². The molecule has 0 aromatic heterocycles. The summed E-state index contributed by atoms with van der Waals surface area (Å²) in [5.74, 6) is 0. The molecule has 2 nitrogen and oxygen atoms in total. The lowest BCUT2D eigenvalue weighted by Crippen LogP contribution is -2.17. The lowest BCUT2D eigenvalue weighted by Gasteiger charge is -2.12. The van der Waals surface area contributed by atoms with Crippen molar-refractivity contribution in [2.45, 2.75) is 26.6 Å². The van der Waals surface area contributed by atoms with Crippen LogP contribution in [0.1, 0.15) is 16.7 Å². The topological polar surface area (TPSA) is 35.2 Å². The Kier molecular flexibility index (Phi) is 3.80. The molecule has 0 fully saturated rings. The molecular weight excluding hydrogens is 219 g/mol. The lowest BCUT2D eigenvalue weighted by atomic mass is 10.0. The molecular formula is C11H14F3NO. The zero-order chi connectivity index (χ0) is 12.3. The van der Waals surface area contributed by atoms with Gasteiger partial charge in [-0.2, -0.15) is 13.2 Å². The van der Waals surface area contributed by atoms with Gasteiger partial charge in [-0.1, -0.05) is 12.1 Å². The molecule has 90 valence electrons. The van der Waals surface area contributed by atoms with E-state index in [0.717, 1.165) is 11.1 Å². The summed E-state index contributed by atoms with van der Waals surface area (Å²) in [6, 6.07) is 3.51. The number of anilines is 1. The maximum atomic E-state index is 11.8. The van der Waals surface area contributed by atoms with E-state index in [0.29, 0.717) is 11.3 Å². The highest BCUT2D eigenvalue weighted by Gasteiger charge is 2.27. The highest BCUT2D eigenvalue weighted by Crippen LogP contribution is 2.22. The second-order valence-electron chi connectivity index (χ2n) is 3.69. The molecule has 0 bridgehead atoms. The van der Waals surface area contributed by atoms with E-state index in [4.69, 9.17) is 5.73 Å². The zero-order valence-electron chi connectivity index (χ0n) is 9.19. The van der Waals surface area contributed by atoms with Gasteiger partial charge in [0.15, 0.2) is 0 Å². The quantitative estimate of drug-likeness (QED) is 0.814. The van der Waals surface area contributed by atoms with Crippen molar-refractivity contribution < 1.29 is 17.9 Å². The average Bonchev–Trinajstić information content (AvgIpc) is 2.16. The van der Waals surface area contributed by atoms with Crippen LogP contribution in [0, 0.1) is 13.8 Å². The van der Waals surface area contributed by atoms with Crippen LogP contribution in [0.2, 0.25) is 0 Å². The number of nitrogen functional groups attached to an aromatic ring is 1. The number of benzene rings is 1. The van der Waals surface area contributed by atoms with Crippen LogP contribution >= 0.6 is 0 Å². The molecule has 1 aromatic rings. The van der Waals surface area contributed by atoms with Crippen LogP contribution in [0.25, 0.3) is 0 Å². The van der Waals surface area contributed by atoms with Crippen molar-refractivity contribution in [2.75, 3.05) is 12.3 Å². The van der Waals surface area contributed by atoms with Crippen molar-refractivity contribution in [3.8, 4) is 0 Å². The van der Waals surface area contributed by atoms with Crippen LogP contribution < -0.4 is 5.73 Å². The minimum Gasteiger partial charge on any atom is -0.398 e. The summed E-state index contributed by atoms with van der Waals surface area (Å²) >= 11 is 0. The van der Waals surface area contributed by atoms with Crippen LogP contribution in [0.3, 0.4) is 0 Å². The fourth-order valence-corrected chi connectivity index (χ4v) is 1.30. The van der Waals surface area contributed by atoms with Crippen LogP contribution in [0.5, 0.6) is 0 Å². The predicted molar refractivity (Wildman–Crippen MR) is 56.0 cm³/mol. The first kappa shape index (κ1) is 12.8. The number of rotatable bonds is 3. The van der Waals surface area contributed by atoms with E-state index < -0.39 is 12.8 Å². The first-order valence-corrected chi connectivity index (χ1v) is 4.80. The molecule has 0 aliphatic heterocycles. The first-order chi connectivity index (χ1) is 7.31. The van der Waals surface area contributed by atoms with E-state index in [1.165, 1.54) is 0 Å². The number of nitrogens with two attached hydrogens (primary N) is 1. The number of aryl methyl sites for hydroxylation is 1. The molecule has 0 amide bonds. The summed E-state index contributed by atoms with van der Waals surface area (Å²) in [4.78, 5) is 0. The monoisotopic (exact) mass is 233 g/mol. The third-order valence-electron chi connectivity index (χ3n) is 2.40. The first-order valence-electron chi connectivity index (χ1n) is 4.80. The van der Waals surface area contributed by atoms with Gasteiger partial charge in [-0.25, -0.2) is 0 Å². The summed E-state index contributed by atoms with van der Waals surface area (Å²) in [5.41, 5.74) is 8.76. The molecule has 1 aromatic carbocycles. The van der Waals surface area contributed by atoms with Gasteiger partial charge in [-0.05, 0) is 25.0 Å². The van der Waals surface area contributed by atoms with Gasteiger partial charge in [0, 0.05) is 11.3 Å². The molecule has 2 N–H and O–H groups in total. The fourth-order valence-electron chi connectivity index (χ4n) is 1.30. The summed E-state index contributed by atoms with van der Waals surface area (Å²) in [5, 5.41) is 0. The van der Waals surface area contributed by atoms with E-state index in [2.05, 4.69) is 4.74 Å². The third-order valence-corrected chi connectivity index (χ3v) is 2.40. The molecule has 0 aliphatic rings. The normalized spacial score (nSPS) is 11.8. The number of halogens is 3. The minimum atomic E-state index is -4.30. The summed E-state index contributed by atoms with van der Waals surface area (Å²) in [7, 11) is 0. The Morgan fingerprint density at radius 3 is 2.44 bits per heavy atom. The third kappa shape index (κ3) is 3.41. The van der Waals surface area contributed by atoms with Gasteiger partial charge in [0.2, 0.25) is 0 Å². The molecule has 0 unspecified atom stereocenters. The highest BCUT2D eigenvalue weighted by atomic mass is 19.4. The Hall–Kier alpha value is -1.23. The Balaban J connectivity index is 2.65. The van der Waals surface area contributed by atoms with E-state index in [1.807, 2.05) is 19.9 Å². The molecule has 0 spiro atoms. The van der Waals surface area contributed by atoms with Gasteiger partial charge >= 0.3 is 6.18 Å². The van der Waals surface area contributed by atoms with E-state index in [-0.39, 0.29) is 6.61 Å². The SMILES string of the molecule is Cc1ccc(COCC(F)(F)F)c(N)c1C. The lowest BCUT2D eigenvalue weighted by molar-refractivity contribution is -0.176. The van der Waals surface area contributed by atoms with E-state index in [1.54, 1.807) is 6.07 Å². The number of hydrogen-bond donors (Lipinski definition) is 1. The summed E-state index contributed by atoms with van der Waals surface area (Å²) in [6.45, 7) is 2.36. The standard InChI is InChI=1S/C11H14F3NO/c1-7-3-4-9(10(15)8(7)2)5-16-6-11(12,13)14/h3-4H,5-6,15H2,1-2H3. The molecule has 1 rings (SSSR count). The van der Waals surface area contributed by atoms with Crippen molar-refractivity contribution >= 4 is 5.69 Å². The van der Waals surface area contributed by atoms with Gasteiger partial charge in [-0.15, -0.1) is 0 Å². The fraction of sp³-hybridized carbons (Fsp3) is 0.455. The van der Waals surface area contributed by atoms with Crippen LogP contribution in [-0.4, -0.2) is 12.8 Å². The largest absolute Gasteiger partial charge is 0.411 e. The molecule has 0 atom stereocenters. The second-order valence-corrected chi connectivity index (χ2v) is 3.69. The van der Waals surface area contributed by atoms with Crippen molar-refractivity contribution in [1.29, 1.82) is 0 Å².